The van der Waals surface area contributed by atoms with E-state index in [1.54, 1.807) is 0 Å². The number of hydrogen-bond acceptors (Lipinski definition) is 2. The summed E-state index contributed by atoms with van der Waals surface area (Å²) in [4.78, 5) is 0. The molecule has 0 aromatic heterocycles. The molecular formula is C11H13NO. The first-order valence-corrected chi connectivity index (χ1v) is 4.21. The van der Waals surface area contributed by atoms with Crippen LogP contribution in [0.15, 0.2) is 24.3 Å². The molecule has 0 aliphatic rings. The summed E-state index contributed by atoms with van der Waals surface area (Å²) in [7, 11) is 0. The van der Waals surface area contributed by atoms with Gasteiger partial charge < -0.3 is 10.8 Å². The van der Waals surface area contributed by atoms with Crippen molar-refractivity contribution in [1.29, 1.82) is 0 Å². The van der Waals surface area contributed by atoms with Crippen molar-refractivity contribution in [3.05, 3.63) is 35.4 Å². The van der Waals surface area contributed by atoms with Gasteiger partial charge in [-0.05, 0) is 24.1 Å². The van der Waals surface area contributed by atoms with Crippen LogP contribution in [0, 0.1) is 12.3 Å². The molecular weight excluding hydrogens is 162 g/mol. The summed E-state index contributed by atoms with van der Waals surface area (Å²) >= 11 is 0. The zero-order valence-electron chi connectivity index (χ0n) is 7.40. The van der Waals surface area contributed by atoms with Gasteiger partial charge in [0, 0.05) is 18.2 Å². The second-order valence-electron chi connectivity index (χ2n) is 2.89. The molecule has 68 valence electrons. The minimum atomic E-state index is -0.127. The van der Waals surface area contributed by atoms with Crippen molar-refractivity contribution in [2.75, 3.05) is 6.61 Å². The van der Waals surface area contributed by atoms with Crippen LogP contribution in [-0.4, -0.2) is 11.7 Å². The molecule has 2 heteroatoms. The zero-order valence-corrected chi connectivity index (χ0v) is 7.40. The SMILES string of the molecule is C#Cc1cccc([C@@H](N)CCO)c1. The van der Waals surface area contributed by atoms with Gasteiger partial charge in [0.25, 0.3) is 0 Å². The van der Waals surface area contributed by atoms with E-state index < -0.39 is 0 Å². The normalized spacial score (nSPS) is 12.1. The molecule has 3 N–H and O–H groups in total. The number of nitrogens with two attached hydrogens (primary N) is 1. The van der Waals surface area contributed by atoms with Crippen LogP contribution >= 0.6 is 0 Å². The van der Waals surface area contributed by atoms with Gasteiger partial charge in [0.1, 0.15) is 0 Å². The Bertz CT molecular complexity index is 314. The minimum Gasteiger partial charge on any atom is -0.396 e. The highest BCUT2D eigenvalue weighted by molar-refractivity contribution is 5.36. The molecule has 0 radical (unpaired) electrons. The van der Waals surface area contributed by atoms with Gasteiger partial charge in [-0.2, -0.15) is 0 Å². The third-order valence-corrected chi connectivity index (χ3v) is 1.92. The van der Waals surface area contributed by atoms with E-state index in [-0.39, 0.29) is 12.6 Å². The van der Waals surface area contributed by atoms with Gasteiger partial charge in [0.2, 0.25) is 0 Å². The fourth-order valence-corrected chi connectivity index (χ4v) is 1.16. The highest BCUT2D eigenvalue weighted by atomic mass is 16.3. The molecule has 0 aliphatic carbocycles. The highest BCUT2D eigenvalue weighted by Gasteiger charge is 2.04. The van der Waals surface area contributed by atoms with Gasteiger partial charge in [-0.3, -0.25) is 0 Å². The standard InChI is InChI=1S/C11H13NO/c1-2-9-4-3-5-10(8-9)11(12)6-7-13/h1,3-5,8,11,13H,6-7,12H2/t11-/m0/s1. The predicted octanol–water partition coefficient (Wildman–Crippen LogP) is 1.05. The molecule has 1 aromatic carbocycles. The van der Waals surface area contributed by atoms with Crippen molar-refractivity contribution >= 4 is 0 Å². The Morgan fingerprint density at radius 3 is 2.92 bits per heavy atom. The molecule has 1 atom stereocenters. The van der Waals surface area contributed by atoms with Gasteiger partial charge in [-0.15, -0.1) is 6.42 Å². The molecule has 1 rings (SSSR count). The monoisotopic (exact) mass is 175 g/mol. The van der Waals surface area contributed by atoms with E-state index in [9.17, 15) is 0 Å². The maximum Gasteiger partial charge on any atom is 0.0449 e. The quantitative estimate of drug-likeness (QED) is 0.674. The van der Waals surface area contributed by atoms with E-state index in [4.69, 9.17) is 17.3 Å². The van der Waals surface area contributed by atoms with Crippen molar-refractivity contribution in [2.24, 2.45) is 5.73 Å². The minimum absolute atomic E-state index is 0.0987. The number of benzene rings is 1. The number of hydrogen-bond donors (Lipinski definition) is 2. The second-order valence-corrected chi connectivity index (χ2v) is 2.89. The molecule has 1 aromatic rings. The van der Waals surface area contributed by atoms with Crippen molar-refractivity contribution in [1.82, 2.24) is 0 Å². The molecule has 0 spiro atoms. The smallest absolute Gasteiger partial charge is 0.0449 e. The van der Waals surface area contributed by atoms with Crippen LogP contribution in [0.2, 0.25) is 0 Å². The van der Waals surface area contributed by atoms with E-state index in [1.807, 2.05) is 24.3 Å². The van der Waals surface area contributed by atoms with Crippen molar-refractivity contribution in [2.45, 2.75) is 12.5 Å². The lowest BCUT2D eigenvalue weighted by atomic mass is 10.0. The lowest BCUT2D eigenvalue weighted by molar-refractivity contribution is 0.276. The van der Waals surface area contributed by atoms with Gasteiger partial charge in [-0.1, -0.05) is 18.1 Å². The van der Waals surface area contributed by atoms with Gasteiger partial charge in [0.15, 0.2) is 0 Å². The highest BCUT2D eigenvalue weighted by Crippen LogP contribution is 2.14. The molecule has 0 aliphatic heterocycles. The topological polar surface area (TPSA) is 46.2 Å². The number of aliphatic hydroxyl groups is 1. The van der Waals surface area contributed by atoms with Crippen LogP contribution in [0.5, 0.6) is 0 Å². The zero-order chi connectivity index (χ0) is 9.68. The van der Waals surface area contributed by atoms with Crippen LogP contribution in [0.25, 0.3) is 0 Å². The Morgan fingerprint density at radius 1 is 1.54 bits per heavy atom. The third-order valence-electron chi connectivity index (χ3n) is 1.92. The third kappa shape index (κ3) is 2.59. The summed E-state index contributed by atoms with van der Waals surface area (Å²) in [6.07, 6.45) is 5.82. The number of terminal acetylenes is 1. The Hall–Kier alpha value is -1.30. The van der Waals surface area contributed by atoms with Gasteiger partial charge >= 0.3 is 0 Å². The summed E-state index contributed by atoms with van der Waals surface area (Å²) < 4.78 is 0. The van der Waals surface area contributed by atoms with Crippen LogP contribution < -0.4 is 5.73 Å². The molecule has 0 saturated carbocycles. The fraction of sp³-hybridized carbons (Fsp3) is 0.273. The molecule has 0 fully saturated rings. The first kappa shape index (κ1) is 9.79. The molecule has 0 saturated heterocycles. The van der Waals surface area contributed by atoms with E-state index in [1.165, 1.54) is 0 Å². The van der Waals surface area contributed by atoms with Gasteiger partial charge in [0.05, 0.1) is 0 Å². The maximum atomic E-state index is 8.70. The van der Waals surface area contributed by atoms with E-state index >= 15 is 0 Å². The van der Waals surface area contributed by atoms with Crippen molar-refractivity contribution < 1.29 is 5.11 Å². The average Bonchev–Trinajstić information content (AvgIpc) is 2.18. The Balaban J connectivity index is 2.83. The van der Waals surface area contributed by atoms with Crippen molar-refractivity contribution in [3.63, 3.8) is 0 Å². The second kappa shape index (κ2) is 4.66. The summed E-state index contributed by atoms with van der Waals surface area (Å²) in [5.74, 6) is 2.55. The summed E-state index contributed by atoms with van der Waals surface area (Å²) in [6, 6.07) is 7.40. The van der Waals surface area contributed by atoms with Gasteiger partial charge in [-0.25, -0.2) is 0 Å². The van der Waals surface area contributed by atoms with E-state index in [0.29, 0.717) is 6.42 Å². The lowest BCUT2D eigenvalue weighted by Gasteiger charge is -2.09. The Labute approximate surface area is 78.4 Å². The average molecular weight is 175 g/mol. The fourth-order valence-electron chi connectivity index (χ4n) is 1.16. The van der Waals surface area contributed by atoms with Crippen molar-refractivity contribution in [3.8, 4) is 12.3 Å². The lowest BCUT2D eigenvalue weighted by Crippen LogP contribution is -2.11. The maximum absolute atomic E-state index is 8.70. The predicted molar refractivity (Wildman–Crippen MR) is 53.0 cm³/mol. The van der Waals surface area contributed by atoms with E-state index in [0.717, 1.165) is 11.1 Å². The van der Waals surface area contributed by atoms with Crippen LogP contribution in [-0.2, 0) is 0 Å². The summed E-state index contributed by atoms with van der Waals surface area (Å²) in [5.41, 5.74) is 7.60. The van der Waals surface area contributed by atoms with E-state index in [2.05, 4.69) is 5.92 Å². The number of rotatable bonds is 3. The largest absolute Gasteiger partial charge is 0.396 e. The Morgan fingerprint density at radius 2 is 2.31 bits per heavy atom. The summed E-state index contributed by atoms with van der Waals surface area (Å²) in [5, 5.41) is 8.70. The van der Waals surface area contributed by atoms with Crippen LogP contribution in [0.3, 0.4) is 0 Å². The van der Waals surface area contributed by atoms with Crippen LogP contribution in [0.4, 0.5) is 0 Å². The first-order chi connectivity index (χ1) is 6.27. The molecule has 0 amide bonds. The molecule has 13 heavy (non-hydrogen) atoms. The van der Waals surface area contributed by atoms with Crippen LogP contribution in [0.1, 0.15) is 23.6 Å². The molecule has 0 bridgehead atoms. The summed E-state index contributed by atoms with van der Waals surface area (Å²) in [6.45, 7) is 0.0987. The Kier molecular flexibility index (Phi) is 3.51. The first-order valence-electron chi connectivity index (χ1n) is 4.21. The molecule has 0 unspecified atom stereocenters. The number of aliphatic hydroxyl groups excluding tert-OH is 1. The molecule has 2 nitrogen and oxygen atoms in total. The molecule has 0 heterocycles.